The normalized spacial score (nSPS) is 17.8. The van der Waals surface area contributed by atoms with Gasteiger partial charge >= 0.3 is 0 Å². The third kappa shape index (κ3) is 4.21. The number of nitrogen functional groups attached to an aromatic ring is 1. The Hall–Kier alpha value is -3.49. The van der Waals surface area contributed by atoms with Gasteiger partial charge in [0.2, 0.25) is 0 Å². The lowest BCUT2D eigenvalue weighted by Crippen LogP contribution is -2.41. The molecule has 31 heavy (non-hydrogen) atoms. The third-order valence-electron chi connectivity index (χ3n) is 5.63. The number of benzene rings is 1. The van der Waals surface area contributed by atoms with Gasteiger partial charge in [0.1, 0.15) is 11.9 Å². The van der Waals surface area contributed by atoms with Gasteiger partial charge in [0.05, 0.1) is 39.8 Å². The van der Waals surface area contributed by atoms with Crippen molar-refractivity contribution in [3.63, 3.8) is 0 Å². The number of hydrogen-bond acceptors (Lipinski definition) is 6. The Bertz CT molecular complexity index is 1230. The highest BCUT2D eigenvalue weighted by Crippen LogP contribution is 2.32. The molecule has 1 fully saturated rings. The van der Waals surface area contributed by atoms with Crippen molar-refractivity contribution in [3.05, 3.63) is 63.9 Å². The number of hydrogen-bond donors (Lipinski definition) is 1. The summed E-state index contributed by atoms with van der Waals surface area (Å²) in [6.45, 7) is 0.273. The second kappa shape index (κ2) is 8.71. The van der Waals surface area contributed by atoms with Crippen molar-refractivity contribution in [1.29, 1.82) is 10.5 Å². The van der Waals surface area contributed by atoms with Crippen LogP contribution in [-0.2, 0) is 6.54 Å². The molecule has 2 heterocycles. The Balaban J connectivity index is 1.70. The highest BCUT2D eigenvalue weighted by atomic mass is 79.9. The number of nitriles is 2. The maximum atomic E-state index is 13.6. The van der Waals surface area contributed by atoms with Crippen molar-refractivity contribution in [2.24, 2.45) is 5.92 Å². The first-order valence-corrected chi connectivity index (χ1v) is 10.7. The number of nitrogens with two attached hydrogens (primary N) is 1. The van der Waals surface area contributed by atoms with E-state index in [2.05, 4.69) is 32.0 Å². The fourth-order valence-corrected chi connectivity index (χ4v) is 4.36. The molecule has 0 unspecified atom stereocenters. The van der Waals surface area contributed by atoms with Crippen molar-refractivity contribution < 1.29 is 4.79 Å². The second-order valence-corrected chi connectivity index (χ2v) is 8.43. The van der Waals surface area contributed by atoms with E-state index in [1.165, 1.54) is 6.20 Å². The van der Waals surface area contributed by atoms with Crippen molar-refractivity contribution in [2.45, 2.75) is 31.8 Å². The zero-order valence-electron chi connectivity index (χ0n) is 16.6. The number of nitrogens with zero attached hydrogens (tertiary/aromatic N) is 5. The largest absolute Gasteiger partial charge is 0.383 e. The van der Waals surface area contributed by atoms with Gasteiger partial charge in [0, 0.05) is 23.2 Å². The molecule has 2 aromatic heterocycles. The van der Waals surface area contributed by atoms with Crippen LogP contribution in [0.4, 0.5) is 5.82 Å². The maximum Gasteiger partial charge on any atom is 0.254 e. The van der Waals surface area contributed by atoms with Crippen LogP contribution in [0.15, 0.2) is 47.1 Å². The van der Waals surface area contributed by atoms with Gasteiger partial charge in [0.15, 0.2) is 0 Å². The quantitative estimate of drug-likeness (QED) is 0.605. The Morgan fingerprint density at radius 1 is 1.23 bits per heavy atom. The molecule has 4 rings (SSSR count). The number of carbonyl (C=O) groups is 1. The van der Waals surface area contributed by atoms with Crippen molar-refractivity contribution in [1.82, 2.24) is 14.9 Å². The minimum Gasteiger partial charge on any atom is -0.383 e. The van der Waals surface area contributed by atoms with E-state index in [1.807, 2.05) is 12.1 Å². The lowest BCUT2D eigenvalue weighted by Gasteiger charge is -2.31. The van der Waals surface area contributed by atoms with E-state index in [0.717, 1.165) is 24.6 Å². The van der Waals surface area contributed by atoms with E-state index in [9.17, 15) is 10.1 Å². The Kier molecular flexibility index (Phi) is 5.83. The molecule has 1 amide bonds. The van der Waals surface area contributed by atoms with Crippen LogP contribution in [0.2, 0.25) is 0 Å². The van der Waals surface area contributed by atoms with Crippen LogP contribution in [0, 0.1) is 28.6 Å². The molecule has 0 radical (unpaired) electrons. The number of pyridine rings is 2. The van der Waals surface area contributed by atoms with Gasteiger partial charge in [-0.3, -0.25) is 9.78 Å². The minimum atomic E-state index is -0.210. The van der Waals surface area contributed by atoms with Gasteiger partial charge in [-0.1, -0.05) is 0 Å². The van der Waals surface area contributed by atoms with Gasteiger partial charge in [0.25, 0.3) is 5.91 Å². The van der Waals surface area contributed by atoms with Crippen molar-refractivity contribution in [3.8, 4) is 12.1 Å². The van der Waals surface area contributed by atoms with Crippen LogP contribution in [0.5, 0.6) is 0 Å². The van der Waals surface area contributed by atoms with Gasteiger partial charge in [-0.25, -0.2) is 4.98 Å². The van der Waals surface area contributed by atoms with Crippen LogP contribution in [0.3, 0.4) is 0 Å². The molecule has 1 aromatic carbocycles. The lowest BCUT2D eigenvalue weighted by molar-refractivity contribution is 0.0636. The second-order valence-electron chi connectivity index (χ2n) is 7.58. The van der Waals surface area contributed by atoms with Gasteiger partial charge < -0.3 is 10.6 Å². The predicted molar refractivity (Wildman–Crippen MR) is 119 cm³/mol. The topological polar surface area (TPSA) is 120 Å². The summed E-state index contributed by atoms with van der Waals surface area (Å²) in [5.41, 5.74) is 8.22. The first-order valence-electron chi connectivity index (χ1n) is 9.91. The Morgan fingerprint density at radius 2 is 2.06 bits per heavy atom. The molecule has 154 valence electrons. The van der Waals surface area contributed by atoms with E-state index < -0.39 is 0 Å². The summed E-state index contributed by atoms with van der Waals surface area (Å²) in [7, 11) is 0. The molecule has 3 aromatic rings. The first-order chi connectivity index (χ1) is 15.0. The summed E-state index contributed by atoms with van der Waals surface area (Å²) < 4.78 is 0.670. The van der Waals surface area contributed by atoms with Gasteiger partial charge in [-0.15, -0.1) is 0 Å². The molecule has 2 N–H and O–H groups in total. The standard InChI is InChI=1S/C23H19BrN6O/c24-19-9-17-8-15(5-7-20(17)29-22(19)27)23(31)30(21-3-1-2-16(21)11-26)13-18-6-4-14(10-25)12-28-18/h4-9,12,16,21H,1-3,13H2,(H2,27,29)/t16-,21-/m1/s1. The van der Waals surface area contributed by atoms with Crippen LogP contribution in [-0.4, -0.2) is 26.8 Å². The summed E-state index contributed by atoms with van der Waals surface area (Å²) in [5, 5.41) is 19.4. The van der Waals surface area contributed by atoms with Crippen LogP contribution in [0.25, 0.3) is 10.9 Å². The van der Waals surface area contributed by atoms with Crippen LogP contribution >= 0.6 is 15.9 Å². The van der Waals surface area contributed by atoms with E-state index in [1.54, 1.807) is 35.2 Å². The maximum absolute atomic E-state index is 13.6. The average molecular weight is 475 g/mol. The molecule has 8 heteroatoms. The Labute approximate surface area is 188 Å². The van der Waals surface area contributed by atoms with Crippen molar-refractivity contribution >= 4 is 38.6 Å². The fraction of sp³-hybridized carbons (Fsp3) is 0.261. The molecule has 0 saturated heterocycles. The highest BCUT2D eigenvalue weighted by molar-refractivity contribution is 9.10. The summed E-state index contributed by atoms with van der Waals surface area (Å²) in [6.07, 6.45) is 3.95. The molecule has 1 aliphatic carbocycles. The lowest BCUT2D eigenvalue weighted by atomic mass is 10.0. The van der Waals surface area contributed by atoms with Crippen LogP contribution in [0.1, 0.15) is 40.9 Å². The molecular weight excluding hydrogens is 456 g/mol. The Morgan fingerprint density at radius 3 is 2.77 bits per heavy atom. The van der Waals surface area contributed by atoms with Gasteiger partial charge in [-0.2, -0.15) is 10.5 Å². The summed E-state index contributed by atoms with van der Waals surface area (Å²) in [5.74, 6) is 0.0227. The SMILES string of the molecule is N#Cc1ccc(CN(C(=O)c2ccc3nc(N)c(Br)cc3c2)[C@@H]2CCC[C@@H]2C#N)nc1. The zero-order valence-corrected chi connectivity index (χ0v) is 18.2. The molecule has 0 spiro atoms. The molecule has 1 aliphatic rings. The molecule has 0 bridgehead atoms. The predicted octanol–water partition coefficient (Wildman–Crippen LogP) is 4.18. The van der Waals surface area contributed by atoms with Crippen LogP contribution < -0.4 is 5.73 Å². The first kappa shape index (κ1) is 20.8. The van der Waals surface area contributed by atoms with Crippen molar-refractivity contribution in [2.75, 3.05) is 5.73 Å². The zero-order chi connectivity index (χ0) is 22.0. The number of carbonyl (C=O) groups excluding carboxylic acids is 1. The smallest absolute Gasteiger partial charge is 0.254 e. The van der Waals surface area contributed by atoms with E-state index in [4.69, 9.17) is 11.0 Å². The number of amides is 1. The molecular formula is C23H19BrN6O. The summed E-state index contributed by atoms with van der Waals surface area (Å²) in [6, 6.07) is 14.8. The van der Waals surface area contributed by atoms with E-state index >= 15 is 0 Å². The highest BCUT2D eigenvalue weighted by Gasteiger charge is 2.35. The molecule has 7 nitrogen and oxygen atoms in total. The monoisotopic (exact) mass is 474 g/mol. The number of rotatable bonds is 4. The average Bonchev–Trinajstić information content (AvgIpc) is 3.26. The number of halogens is 1. The number of fused-ring (bicyclic) bond motifs is 1. The fourth-order valence-electron chi connectivity index (χ4n) is 4.03. The van der Waals surface area contributed by atoms with Gasteiger partial charge in [-0.05, 0) is 71.6 Å². The third-order valence-corrected chi connectivity index (χ3v) is 6.27. The molecule has 0 aliphatic heterocycles. The minimum absolute atomic E-state index is 0.159. The molecule has 1 saturated carbocycles. The van der Waals surface area contributed by atoms with E-state index in [-0.39, 0.29) is 24.4 Å². The van der Waals surface area contributed by atoms with E-state index in [0.29, 0.717) is 32.6 Å². The number of anilines is 1. The molecule has 2 atom stereocenters. The summed E-state index contributed by atoms with van der Waals surface area (Å²) in [4.78, 5) is 24.0. The summed E-state index contributed by atoms with van der Waals surface area (Å²) >= 11 is 3.38. The number of aromatic nitrogens is 2.